The number of piperazine rings is 1. The van der Waals surface area contributed by atoms with Crippen molar-refractivity contribution in [3.8, 4) is 17.0 Å². The lowest BCUT2D eigenvalue weighted by Gasteiger charge is -2.36. The van der Waals surface area contributed by atoms with Gasteiger partial charge in [-0.1, -0.05) is 29.4 Å². The van der Waals surface area contributed by atoms with Gasteiger partial charge in [0.05, 0.1) is 12.3 Å². The molecule has 0 bridgehead atoms. The van der Waals surface area contributed by atoms with Crippen molar-refractivity contribution in [1.29, 1.82) is 0 Å². The van der Waals surface area contributed by atoms with E-state index in [0.29, 0.717) is 12.3 Å². The van der Waals surface area contributed by atoms with Gasteiger partial charge >= 0.3 is 0 Å². The molecule has 1 aliphatic heterocycles. The highest BCUT2D eigenvalue weighted by molar-refractivity contribution is 7.17. The number of halogens is 1. The van der Waals surface area contributed by atoms with Crippen molar-refractivity contribution in [2.24, 2.45) is 0 Å². The van der Waals surface area contributed by atoms with Crippen LogP contribution in [0.15, 0.2) is 64.5 Å². The summed E-state index contributed by atoms with van der Waals surface area (Å²) in [5.41, 5.74) is 3.39. The SMILES string of the molecule is Fc1ccccc1N1CCN(CCCOc2cccc(-c3noc4ccsc34)c2)CC1. The molecule has 160 valence electrons. The molecule has 31 heavy (non-hydrogen) atoms. The van der Waals surface area contributed by atoms with Crippen molar-refractivity contribution >= 4 is 27.3 Å². The third-order valence-electron chi connectivity index (χ3n) is 5.64. The fraction of sp³-hybridized carbons (Fsp3) is 0.292. The van der Waals surface area contributed by atoms with Crippen LogP contribution in [0.1, 0.15) is 6.42 Å². The van der Waals surface area contributed by atoms with Gasteiger partial charge in [-0.3, -0.25) is 4.90 Å². The van der Waals surface area contributed by atoms with E-state index in [1.807, 2.05) is 47.8 Å². The van der Waals surface area contributed by atoms with Gasteiger partial charge in [0.15, 0.2) is 5.58 Å². The van der Waals surface area contributed by atoms with E-state index in [2.05, 4.69) is 15.0 Å². The summed E-state index contributed by atoms with van der Waals surface area (Å²) in [4.78, 5) is 4.54. The second kappa shape index (κ2) is 9.08. The smallest absolute Gasteiger partial charge is 0.178 e. The minimum Gasteiger partial charge on any atom is -0.494 e. The van der Waals surface area contributed by atoms with Crippen LogP contribution in [-0.2, 0) is 0 Å². The number of fused-ring (bicyclic) bond motifs is 1. The Balaban J connectivity index is 1.09. The van der Waals surface area contributed by atoms with Crippen LogP contribution in [0.2, 0.25) is 0 Å². The van der Waals surface area contributed by atoms with E-state index in [1.54, 1.807) is 17.4 Å². The first-order valence-corrected chi connectivity index (χ1v) is 11.4. The molecule has 2 aromatic carbocycles. The molecule has 4 aromatic rings. The Morgan fingerprint density at radius 1 is 1.03 bits per heavy atom. The van der Waals surface area contributed by atoms with Crippen LogP contribution < -0.4 is 9.64 Å². The van der Waals surface area contributed by atoms with Crippen molar-refractivity contribution in [2.75, 3.05) is 44.2 Å². The van der Waals surface area contributed by atoms with E-state index in [1.165, 1.54) is 6.07 Å². The van der Waals surface area contributed by atoms with Gasteiger partial charge in [-0.2, -0.15) is 0 Å². The zero-order chi connectivity index (χ0) is 21.0. The molecule has 2 aromatic heterocycles. The fourth-order valence-corrected chi connectivity index (χ4v) is 4.81. The van der Waals surface area contributed by atoms with Crippen LogP contribution in [0.25, 0.3) is 21.5 Å². The molecule has 1 saturated heterocycles. The number of ether oxygens (including phenoxy) is 1. The largest absolute Gasteiger partial charge is 0.494 e. The van der Waals surface area contributed by atoms with Gasteiger partial charge in [-0.05, 0) is 42.1 Å². The molecule has 0 radical (unpaired) electrons. The number of para-hydroxylation sites is 1. The van der Waals surface area contributed by atoms with Crippen LogP contribution in [0.3, 0.4) is 0 Å². The van der Waals surface area contributed by atoms with Gasteiger partial charge in [0.1, 0.15) is 22.0 Å². The van der Waals surface area contributed by atoms with E-state index in [9.17, 15) is 4.39 Å². The molecular weight excluding hydrogens is 413 g/mol. The average molecular weight is 438 g/mol. The summed E-state index contributed by atoms with van der Waals surface area (Å²) < 4.78 is 26.4. The predicted octanol–water partition coefficient (Wildman–Crippen LogP) is 5.29. The predicted molar refractivity (Wildman–Crippen MR) is 122 cm³/mol. The molecule has 1 fully saturated rings. The zero-order valence-electron chi connectivity index (χ0n) is 17.2. The zero-order valence-corrected chi connectivity index (χ0v) is 18.0. The maximum atomic E-state index is 14.0. The van der Waals surface area contributed by atoms with Crippen molar-refractivity contribution in [3.63, 3.8) is 0 Å². The molecule has 0 atom stereocenters. The second-order valence-corrected chi connectivity index (χ2v) is 8.57. The summed E-state index contributed by atoms with van der Waals surface area (Å²) in [6, 6.07) is 17.0. The first-order chi connectivity index (χ1) is 15.3. The summed E-state index contributed by atoms with van der Waals surface area (Å²) in [7, 11) is 0. The standard InChI is InChI=1S/C24H24FN3O2S/c25-20-7-1-2-8-21(20)28-13-11-27(12-14-28)10-4-15-29-19-6-3-5-18(17-19)23-24-22(30-26-23)9-16-31-24/h1-3,5-9,16-17H,4,10-15H2. The lowest BCUT2D eigenvalue weighted by Crippen LogP contribution is -2.47. The van der Waals surface area contributed by atoms with E-state index in [-0.39, 0.29) is 5.82 Å². The maximum absolute atomic E-state index is 14.0. The highest BCUT2D eigenvalue weighted by Crippen LogP contribution is 2.33. The van der Waals surface area contributed by atoms with E-state index < -0.39 is 0 Å². The number of thiophene rings is 1. The molecule has 0 N–H and O–H groups in total. The fourth-order valence-electron chi connectivity index (χ4n) is 3.99. The minimum atomic E-state index is -0.142. The Morgan fingerprint density at radius 2 is 1.90 bits per heavy atom. The number of rotatable bonds is 7. The molecular formula is C24H24FN3O2S. The number of aromatic nitrogens is 1. The van der Waals surface area contributed by atoms with Crippen molar-refractivity contribution in [2.45, 2.75) is 6.42 Å². The van der Waals surface area contributed by atoms with Crippen LogP contribution in [0.4, 0.5) is 10.1 Å². The number of anilines is 1. The Labute approximate surface area is 184 Å². The lowest BCUT2D eigenvalue weighted by molar-refractivity contribution is 0.224. The van der Waals surface area contributed by atoms with Crippen LogP contribution in [-0.4, -0.2) is 49.4 Å². The third kappa shape index (κ3) is 4.43. The normalized spacial score (nSPS) is 14.9. The third-order valence-corrected chi connectivity index (χ3v) is 6.54. The molecule has 5 rings (SSSR count). The number of nitrogens with zero attached hydrogens (tertiary/aromatic N) is 3. The monoisotopic (exact) mass is 437 g/mol. The molecule has 0 aliphatic carbocycles. The average Bonchev–Trinajstić information content (AvgIpc) is 3.42. The first kappa shape index (κ1) is 20.0. The van der Waals surface area contributed by atoms with Gasteiger partial charge in [-0.25, -0.2) is 4.39 Å². The summed E-state index contributed by atoms with van der Waals surface area (Å²) in [5, 5.41) is 6.21. The Hall–Kier alpha value is -2.90. The number of benzene rings is 2. The summed E-state index contributed by atoms with van der Waals surface area (Å²) >= 11 is 1.63. The summed E-state index contributed by atoms with van der Waals surface area (Å²) in [6.07, 6.45) is 0.947. The van der Waals surface area contributed by atoms with E-state index in [0.717, 1.165) is 66.4 Å². The maximum Gasteiger partial charge on any atom is 0.178 e. The molecule has 0 saturated carbocycles. The molecule has 1 aliphatic rings. The molecule has 7 heteroatoms. The Kier molecular flexibility index (Phi) is 5.86. The Bertz CT molecular complexity index is 1150. The van der Waals surface area contributed by atoms with Crippen molar-refractivity contribution in [3.05, 3.63) is 65.8 Å². The van der Waals surface area contributed by atoms with Crippen LogP contribution >= 0.6 is 11.3 Å². The Morgan fingerprint density at radius 3 is 2.77 bits per heavy atom. The lowest BCUT2D eigenvalue weighted by atomic mass is 10.1. The van der Waals surface area contributed by atoms with Gasteiger partial charge in [0.25, 0.3) is 0 Å². The minimum absolute atomic E-state index is 0.142. The molecule has 0 unspecified atom stereocenters. The van der Waals surface area contributed by atoms with E-state index in [4.69, 9.17) is 9.26 Å². The van der Waals surface area contributed by atoms with Gasteiger partial charge < -0.3 is 14.2 Å². The molecule has 0 spiro atoms. The second-order valence-electron chi connectivity index (χ2n) is 7.66. The van der Waals surface area contributed by atoms with Gasteiger partial charge in [0, 0.05) is 38.3 Å². The summed E-state index contributed by atoms with van der Waals surface area (Å²) in [6.45, 7) is 5.20. The number of hydrogen-bond donors (Lipinski definition) is 0. The molecule has 0 amide bonds. The van der Waals surface area contributed by atoms with Crippen molar-refractivity contribution in [1.82, 2.24) is 10.1 Å². The van der Waals surface area contributed by atoms with Gasteiger partial charge in [0.2, 0.25) is 0 Å². The van der Waals surface area contributed by atoms with Gasteiger partial charge in [-0.15, -0.1) is 11.3 Å². The topological polar surface area (TPSA) is 41.7 Å². The molecule has 5 nitrogen and oxygen atoms in total. The summed E-state index contributed by atoms with van der Waals surface area (Å²) in [5.74, 6) is 0.701. The first-order valence-electron chi connectivity index (χ1n) is 10.6. The quantitative estimate of drug-likeness (QED) is 0.368. The van der Waals surface area contributed by atoms with E-state index >= 15 is 0 Å². The van der Waals surface area contributed by atoms with Crippen LogP contribution in [0.5, 0.6) is 5.75 Å². The molecule has 3 heterocycles. The number of hydrogen-bond acceptors (Lipinski definition) is 6. The van der Waals surface area contributed by atoms with Crippen molar-refractivity contribution < 1.29 is 13.7 Å². The highest BCUT2D eigenvalue weighted by atomic mass is 32.1. The highest BCUT2D eigenvalue weighted by Gasteiger charge is 2.19. The van der Waals surface area contributed by atoms with Crippen LogP contribution in [0, 0.1) is 5.82 Å².